The highest BCUT2D eigenvalue weighted by molar-refractivity contribution is 6.37. The highest BCUT2D eigenvalue weighted by atomic mass is 35.5. The van der Waals surface area contributed by atoms with Crippen LogP contribution in [0.25, 0.3) is 0 Å². The number of ether oxygens (including phenoxy) is 1. The molecule has 0 spiro atoms. The van der Waals surface area contributed by atoms with Crippen LogP contribution in [0.4, 0.5) is 0 Å². The number of benzene rings is 1. The van der Waals surface area contributed by atoms with E-state index in [1.165, 1.54) is 0 Å². The van der Waals surface area contributed by atoms with Gasteiger partial charge < -0.3 is 15.2 Å². The fourth-order valence-corrected chi connectivity index (χ4v) is 2.28. The minimum atomic E-state index is 0.0393. The molecule has 1 rings (SSSR count). The van der Waals surface area contributed by atoms with Crippen LogP contribution in [0.1, 0.15) is 32.3 Å². The van der Waals surface area contributed by atoms with Gasteiger partial charge in [0.25, 0.3) is 0 Å². The van der Waals surface area contributed by atoms with E-state index in [1.807, 2.05) is 26.0 Å². The van der Waals surface area contributed by atoms with E-state index < -0.39 is 0 Å². The Morgan fingerprint density at radius 3 is 2.37 bits per heavy atom. The molecular formula is C14H21Cl2NO2. The Morgan fingerprint density at radius 1 is 1.21 bits per heavy atom. The van der Waals surface area contributed by atoms with Gasteiger partial charge in [-0.15, -0.1) is 0 Å². The average molecular weight is 306 g/mol. The van der Waals surface area contributed by atoms with E-state index in [9.17, 15) is 0 Å². The predicted molar refractivity (Wildman–Crippen MR) is 80.3 cm³/mol. The lowest BCUT2D eigenvalue weighted by molar-refractivity contribution is 0.242. The monoisotopic (exact) mass is 305 g/mol. The van der Waals surface area contributed by atoms with Crippen molar-refractivity contribution in [2.75, 3.05) is 13.2 Å². The fraction of sp³-hybridized carbons (Fsp3) is 0.571. The first kappa shape index (κ1) is 16.6. The van der Waals surface area contributed by atoms with E-state index in [4.69, 9.17) is 33.0 Å². The molecule has 0 aliphatic carbocycles. The molecule has 0 aliphatic heterocycles. The lowest BCUT2D eigenvalue weighted by atomic mass is 10.2. The van der Waals surface area contributed by atoms with E-state index in [-0.39, 0.29) is 12.7 Å². The summed E-state index contributed by atoms with van der Waals surface area (Å²) in [6.45, 7) is 5.67. The van der Waals surface area contributed by atoms with E-state index >= 15 is 0 Å². The summed E-state index contributed by atoms with van der Waals surface area (Å²) in [7, 11) is 0. The number of aliphatic hydroxyl groups excluding tert-OH is 1. The molecule has 0 bridgehead atoms. The van der Waals surface area contributed by atoms with Crippen molar-refractivity contribution in [2.24, 2.45) is 0 Å². The van der Waals surface area contributed by atoms with Gasteiger partial charge in [0, 0.05) is 13.2 Å². The standard InChI is InChI=1S/C14H21Cl2NO2/c1-10(2)19-14-12(15)7-11(8-13(14)16)9-17-5-3-4-6-18/h7-8,10,17-18H,3-6,9H2,1-2H3. The molecule has 0 aliphatic rings. The van der Waals surface area contributed by atoms with Gasteiger partial charge in [-0.3, -0.25) is 0 Å². The number of hydrogen-bond donors (Lipinski definition) is 2. The van der Waals surface area contributed by atoms with Crippen LogP contribution in [-0.2, 0) is 6.54 Å². The van der Waals surface area contributed by atoms with Crippen LogP contribution in [0.15, 0.2) is 12.1 Å². The van der Waals surface area contributed by atoms with Crippen LogP contribution in [0.5, 0.6) is 5.75 Å². The molecule has 0 unspecified atom stereocenters. The molecule has 2 N–H and O–H groups in total. The third kappa shape index (κ3) is 6.00. The van der Waals surface area contributed by atoms with Crippen LogP contribution >= 0.6 is 23.2 Å². The van der Waals surface area contributed by atoms with Crippen molar-refractivity contribution >= 4 is 23.2 Å². The average Bonchev–Trinajstić information content (AvgIpc) is 2.33. The van der Waals surface area contributed by atoms with Crippen LogP contribution in [0, 0.1) is 0 Å². The SMILES string of the molecule is CC(C)Oc1c(Cl)cc(CNCCCCO)cc1Cl. The summed E-state index contributed by atoms with van der Waals surface area (Å²) in [5.41, 5.74) is 1.02. The molecule has 1 aromatic carbocycles. The lowest BCUT2D eigenvalue weighted by Gasteiger charge is -2.14. The van der Waals surface area contributed by atoms with Gasteiger partial charge >= 0.3 is 0 Å². The summed E-state index contributed by atoms with van der Waals surface area (Å²) < 4.78 is 5.58. The first-order valence-electron chi connectivity index (χ1n) is 6.50. The van der Waals surface area contributed by atoms with Crippen molar-refractivity contribution in [1.82, 2.24) is 5.32 Å². The van der Waals surface area contributed by atoms with Gasteiger partial charge in [0.2, 0.25) is 0 Å². The van der Waals surface area contributed by atoms with Crippen molar-refractivity contribution in [3.05, 3.63) is 27.7 Å². The Bertz CT molecular complexity index is 374. The van der Waals surface area contributed by atoms with Gasteiger partial charge in [0.05, 0.1) is 16.1 Å². The minimum Gasteiger partial charge on any atom is -0.488 e. The number of nitrogens with one attached hydrogen (secondary N) is 1. The summed E-state index contributed by atoms with van der Waals surface area (Å²) in [6.07, 6.45) is 1.81. The van der Waals surface area contributed by atoms with Crippen molar-refractivity contribution in [3.8, 4) is 5.75 Å². The maximum atomic E-state index is 8.68. The second kappa shape index (κ2) is 8.64. The molecule has 0 radical (unpaired) electrons. The fourth-order valence-electron chi connectivity index (χ4n) is 1.66. The van der Waals surface area contributed by atoms with Gasteiger partial charge in [-0.25, -0.2) is 0 Å². The summed E-state index contributed by atoms with van der Waals surface area (Å²) in [5, 5.41) is 13.0. The molecule has 108 valence electrons. The zero-order valence-corrected chi connectivity index (χ0v) is 12.9. The Balaban J connectivity index is 2.57. The van der Waals surface area contributed by atoms with Crippen LogP contribution < -0.4 is 10.1 Å². The van der Waals surface area contributed by atoms with Gasteiger partial charge in [-0.05, 0) is 50.9 Å². The Kier molecular flexibility index (Phi) is 7.54. The predicted octanol–water partition coefficient (Wildman–Crippen LogP) is 3.64. The molecule has 3 nitrogen and oxygen atoms in total. The summed E-state index contributed by atoms with van der Waals surface area (Å²) in [6, 6.07) is 3.73. The molecule has 1 aromatic rings. The van der Waals surface area contributed by atoms with Crippen molar-refractivity contribution in [2.45, 2.75) is 39.3 Å². The topological polar surface area (TPSA) is 41.5 Å². The maximum Gasteiger partial charge on any atom is 0.156 e. The molecule has 0 atom stereocenters. The van der Waals surface area contributed by atoms with E-state index in [1.54, 1.807) is 0 Å². The molecule has 0 aromatic heterocycles. The van der Waals surface area contributed by atoms with Crippen LogP contribution in [0.2, 0.25) is 10.0 Å². The Hall–Kier alpha value is -0.480. The molecule has 0 heterocycles. The summed E-state index contributed by atoms with van der Waals surface area (Å²) in [4.78, 5) is 0. The second-order valence-corrected chi connectivity index (χ2v) is 5.48. The maximum absolute atomic E-state index is 8.68. The molecule has 0 amide bonds. The molecule has 0 saturated carbocycles. The molecule has 5 heteroatoms. The molecule has 0 saturated heterocycles. The van der Waals surface area contributed by atoms with E-state index in [0.29, 0.717) is 22.3 Å². The lowest BCUT2D eigenvalue weighted by Crippen LogP contribution is -2.15. The largest absolute Gasteiger partial charge is 0.488 e. The van der Waals surface area contributed by atoms with E-state index in [2.05, 4.69) is 5.32 Å². The van der Waals surface area contributed by atoms with Crippen LogP contribution in [0.3, 0.4) is 0 Å². The highest BCUT2D eigenvalue weighted by Gasteiger charge is 2.11. The third-order valence-corrected chi connectivity index (χ3v) is 3.06. The van der Waals surface area contributed by atoms with Gasteiger partial charge in [-0.1, -0.05) is 23.2 Å². The molecule has 0 fully saturated rings. The number of unbranched alkanes of at least 4 members (excludes halogenated alkanes) is 1. The number of aliphatic hydroxyl groups is 1. The van der Waals surface area contributed by atoms with E-state index in [0.717, 1.165) is 24.9 Å². The summed E-state index contributed by atoms with van der Waals surface area (Å²) >= 11 is 12.3. The Labute approximate surface area is 124 Å². The van der Waals surface area contributed by atoms with Crippen molar-refractivity contribution < 1.29 is 9.84 Å². The van der Waals surface area contributed by atoms with Gasteiger partial charge in [0.1, 0.15) is 0 Å². The Morgan fingerprint density at radius 2 is 1.84 bits per heavy atom. The van der Waals surface area contributed by atoms with Crippen molar-refractivity contribution in [1.29, 1.82) is 0 Å². The first-order chi connectivity index (χ1) is 9.04. The normalized spacial score (nSPS) is 11.1. The van der Waals surface area contributed by atoms with Gasteiger partial charge in [-0.2, -0.15) is 0 Å². The summed E-state index contributed by atoms with van der Waals surface area (Å²) in [5.74, 6) is 0.544. The highest BCUT2D eigenvalue weighted by Crippen LogP contribution is 2.34. The zero-order chi connectivity index (χ0) is 14.3. The molecule has 19 heavy (non-hydrogen) atoms. The number of rotatable bonds is 8. The van der Waals surface area contributed by atoms with Crippen LogP contribution in [-0.4, -0.2) is 24.4 Å². The van der Waals surface area contributed by atoms with Crippen molar-refractivity contribution in [3.63, 3.8) is 0 Å². The zero-order valence-electron chi connectivity index (χ0n) is 11.4. The van der Waals surface area contributed by atoms with Gasteiger partial charge in [0.15, 0.2) is 5.75 Å². The number of hydrogen-bond acceptors (Lipinski definition) is 3. The second-order valence-electron chi connectivity index (χ2n) is 4.66. The minimum absolute atomic E-state index is 0.0393. The third-order valence-electron chi connectivity index (χ3n) is 2.50. The number of halogens is 2. The molecular weight excluding hydrogens is 285 g/mol. The quantitative estimate of drug-likeness (QED) is 0.720. The smallest absolute Gasteiger partial charge is 0.156 e. The first-order valence-corrected chi connectivity index (χ1v) is 7.26.